The van der Waals surface area contributed by atoms with Gasteiger partial charge in [0.2, 0.25) is 0 Å². The first kappa shape index (κ1) is 14.5. The van der Waals surface area contributed by atoms with Crippen LogP contribution in [0.4, 0.5) is 8.78 Å². The van der Waals surface area contributed by atoms with Gasteiger partial charge in [-0.05, 0) is 31.2 Å². The van der Waals surface area contributed by atoms with E-state index < -0.39 is 11.6 Å². The molecule has 0 saturated carbocycles. The molecular formula is C15H11ClF2O2. The first-order valence-corrected chi connectivity index (χ1v) is 6.23. The number of hydrogen-bond donors (Lipinski definition) is 0. The third-order valence-electron chi connectivity index (χ3n) is 2.75. The fourth-order valence-corrected chi connectivity index (χ4v) is 1.85. The van der Waals surface area contributed by atoms with Gasteiger partial charge in [0, 0.05) is 11.1 Å². The standard InChI is InChI=1S/C15H11ClF2O2/c1-9(19)10-5-6-14(13(17)7-10)20-8-11-3-2-4-12(16)15(11)18/h2-7H,8H2,1H3. The summed E-state index contributed by atoms with van der Waals surface area (Å²) >= 11 is 5.64. The van der Waals surface area contributed by atoms with Crippen LogP contribution in [0, 0.1) is 11.6 Å². The molecular weight excluding hydrogens is 286 g/mol. The summed E-state index contributed by atoms with van der Waals surface area (Å²) < 4.78 is 32.5. The van der Waals surface area contributed by atoms with Gasteiger partial charge in [-0.25, -0.2) is 8.78 Å². The highest BCUT2D eigenvalue weighted by atomic mass is 35.5. The molecule has 2 aromatic rings. The maximum Gasteiger partial charge on any atom is 0.165 e. The van der Waals surface area contributed by atoms with Crippen molar-refractivity contribution < 1.29 is 18.3 Å². The summed E-state index contributed by atoms with van der Waals surface area (Å²) in [5, 5.41) is -0.0153. The van der Waals surface area contributed by atoms with E-state index in [1.165, 1.54) is 31.2 Å². The highest BCUT2D eigenvalue weighted by Crippen LogP contribution is 2.22. The zero-order chi connectivity index (χ0) is 14.7. The van der Waals surface area contributed by atoms with Gasteiger partial charge in [0.1, 0.15) is 12.4 Å². The SMILES string of the molecule is CC(=O)c1ccc(OCc2cccc(Cl)c2F)c(F)c1. The number of halogens is 3. The number of carbonyl (C=O) groups is 1. The molecule has 0 atom stereocenters. The first-order valence-electron chi connectivity index (χ1n) is 5.85. The number of hydrogen-bond acceptors (Lipinski definition) is 2. The molecule has 0 unspecified atom stereocenters. The Labute approximate surface area is 119 Å². The Morgan fingerprint density at radius 3 is 2.65 bits per heavy atom. The average Bonchev–Trinajstić information content (AvgIpc) is 2.41. The van der Waals surface area contributed by atoms with Crippen LogP contribution in [0.1, 0.15) is 22.8 Å². The largest absolute Gasteiger partial charge is 0.486 e. The van der Waals surface area contributed by atoms with Gasteiger partial charge in [0.15, 0.2) is 17.3 Å². The molecule has 0 bridgehead atoms. The van der Waals surface area contributed by atoms with Crippen LogP contribution in [-0.4, -0.2) is 5.78 Å². The molecule has 0 amide bonds. The van der Waals surface area contributed by atoms with Gasteiger partial charge in [0.05, 0.1) is 5.02 Å². The highest BCUT2D eigenvalue weighted by Gasteiger charge is 2.10. The van der Waals surface area contributed by atoms with E-state index in [1.54, 1.807) is 6.07 Å². The molecule has 20 heavy (non-hydrogen) atoms. The maximum atomic E-state index is 13.7. The molecule has 2 nitrogen and oxygen atoms in total. The first-order chi connectivity index (χ1) is 9.49. The van der Waals surface area contributed by atoms with Gasteiger partial charge >= 0.3 is 0 Å². The minimum absolute atomic E-state index is 0.0153. The van der Waals surface area contributed by atoms with E-state index >= 15 is 0 Å². The second-order valence-electron chi connectivity index (χ2n) is 4.20. The molecule has 0 aliphatic carbocycles. The van der Waals surface area contributed by atoms with Gasteiger partial charge in [0.25, 0.3) is 0 Å². The normalized spacial score (nSPS) is 10.4. The van der Waals surface area contributed by atoms with Crippen LogP contribution in [0.2, 0.25) is 5.02 Å². The Morgan fingerprint density at radius 2 is 2.00 bits per heavy atom. The maximum absolute atomic E-state index is 13.7. The lowest BCUT2D eigenvalue weighted by molar-refractivity contribution is 0.101. The second kappa shape index (κ2) is 6.01. The van der Waals surface area contributed by atoms with Crippen molar-refractivity contribution in [3.8, 4) is 5.75 Å². The van der Waals surface area contributed by atoms with Crippen molar-refractivity contribution in [3.05, 3.63) is 64.2 Å². The van der Waals surface area contributed by atoms with Crippen LogP contribution in [0.25, 0.3) is 0 Å². The summed E-state index contributed by atoms with van der Waals surface area (Å²) in [7, 11) is 0. The van der Waals surface area contributed by atoms with Crippen LogP contribution in [0.5, 0.6) is 5.75 Å². The summed E-state index contributed by atoms with van der Waals surface area (Å²) in [6, 6.07) is 8.39. The van der Waals surface area contributed by atoms with E-state index in [0.29, 0.717) is 0 Å². The summed E-state index contributed by atoms with van der Waals surface area (Å²) in [5.41, 5.74) is 0.483. The van der Waals surface area contributed by atoms with Crippen LogP contribution in [-0.2, 0) is 6.61 Å². The van der Waals surface area contributed by atoms with E-state index in [1.807, 2.05) is 0 Å². The molecule has 0 aliphatic rings. The monoisotopic (exact) mass is 296 g/mol. The van der Waals surface area contributed by atoms with E-state index in [2.05, 4.69) is 0 Å². The zero-order valence-corrected chi connectivity index (χ0v) is 11.4. The number of ether oxygens (including phenoxy) is 1. The van der Waals surface area contributed by atoms with Crippen LogP contribution in [0.15, 0.2) is 36.4 Å². The lowest BCUT2D eigenvalue weighted by Crippen LogP contribution is -2.01. The smallest absolute Gasteiger partial charge is 0.165 e. The van der Waals surface area contributed by atoms with Crippen molar-refractivity contribution in [3.63, 3.8) is 0 Å². The molecule has 0 aromatic heterocycles. The molecule has 0 fully saturated rings. The molecule has 0 radical (unpaired) electrons. The molecule has 0 heterocycles. The number of benzene rings is 2. The number of rotatable bonds is 4. The predicted molar refractivity (Wildman–Crippen MR) is 72.1 cm³/mol. The Balaban J connectivity index is 2.15. The topological polar surface area (TPSA) is 26.3 Å². The van der Waals surface area contributed by atoms with Crippen molar-refractivity contribution in [1.82, 2.24) is 0 Å². The Morgan fingerprint density at radius 1 is 1.25 bits per heavy atom. The molecule has 0 N–H and O–H groups in total. The van der Waals surface area contributed by atoms with Gasteiger partial charge < -0.3 is 4.74 Å². The molecule has 5 heteroatoms. The van der Waals surface area contributed by atoms with Gasteiger partial charge in [-0.15, -0.1) is 0 Å². The minimum atomic E-state index is -0.667. The molecule has 2 aromatic carbocycles. The van der Waals surface area contributed by atoms with Crippen molar-refractivity contribution in [2.75, 3.05) is 0 Å². The lowest BCUT2D eigenvalue weighted by Gasteiger charge is -2.09. The lowest BCUT2D eigenvalue weighted by atomic mass is 10.1. The van der Waals surface area contributed by atoms with Gasteiger partial charge in [-0.3, -0.25) is 4.79 Å². The highest BCUT2D eigenvalue weighted by molar-refractivity contribution is 6.30. The third-order valence-corrected chi connectivity index (χ3v) is 3.05. The number of ketones is 1. The summed E-state index contributed by atoms with van der Waals surface area (Å²) in [4.78, 5) is 11.1. The van der Waals surface area contributed by atoms with E-state index in [-0.39, 0.29) is 34.3 Å². The Hall–Kier alpha value is -1.94. The second-order valence-corrected chi connectivity index (χ2v) is 4.61. The van der Waals surface area contributed by atoms with Crippen molar-refractivity contribution in [2.45, 2.75) is 13.5 Å². The molecule has 0 saturated heterocycles. The fourth-order valence-electron chi connectivity index (χ4n) is 1.65. The van der Waals surface area contributed by atoms with Crippen molar-refractivity contribution in [2.24, 2.45) is 0 Å². The van der Waals surface area contributed by atoms with Crippen LogP contribution >= 0.6 is 11.6 Å². The van der Waals surface area contributed by atoms with E-state index in [4.69, 9.17) is 16.3 Å². The average molecular weight is 297 g/mol. The number of carbonyl (C=O) groups excluding carboxylic acids is 1. The molecule has 0 spiro atoms. The van der Waals surface area contributed by atoms with Crippen molar-refractivity contribution >= 4 is 17.4 Å². The van der Waals surface area contributed by atoms with Crippen LogP contribution in [0.3, 0.4) is 0 Å². The molecule has 2 rings (SSSR count). The third kappa shape index (κ3) is 3.14. The van der Waals surface area contributed by atoms with E-state index in [9.17, 15) is 13.6 Å². The Kier molecular flexibility index (Phi) is 4.35. The predicted octanol–water partition coefficient (Wildman–Crippen LogP) is 4.40. The zero-order valence-electron chi connectivity index (χ0n) is 10.6. The quantitative estimate of drug-likeness (QED) is 0.782. The van der Waals surface area contributed by atoms with Crippen molar-refractivity contribution in [1.29, 1.82) is 0 Å². The van der Waals surface area contributed by atoms with Crippen LogP contribution < -0.4 is 4.74 Å². The number of Topliss-reactive ketones (excluding diaryl/α,β-unsaturated/α-hetero) is 1. The summed E-state index contributed by atoms with van der Waals surface area (Å²) in [6.45, 7) is 1.19. The van der Waals surface area contributed by atoms with Gasteiger partial charge in [-0.1, -0.05) is 23.7 Å². The van der Waals surface area contributed by atoms with E-state index in [0.717, 1.165) is 6.07 Å². The fraction of sp³-hybridized carbons (Fsp3) is 0.133. The summed E-state index contributed by atoms with van der Waals surface area (Å²) in [5.74, 6) is -1.54. The van der Waals surface area contributed by atoms with Gasteiger partial charge in [-0.2, -0.15) is 0 Å². The Bertz CT molecular complexity index is 656. The summed E-state index contributed by atoms with van der Waals surface area (Å²) in [6.07, 6.45) is 0. The molecule has 104 valence electrons. The molecule has 0 aliphatic heterocycles. The minimum Gasteiger partial charge on any atom is -0.486 e.